The van der Waals surface area contributed by atoms with Crippen molar-refractivity contribution in [2.24, 2.45) is 5.41 Å². The lowest BCUT2D eigenvalue weighted by atomic mass is 9.87. The molecular formula is C13H19NOS. The third-order valence-corrected chi connectivity index (χ3v) is 4.17. The molecule has 88 valence electrons. The molecular weight excluding hydrogens is 218 g/mol. The standard InChI is InChI=1S/C13H19NOS/c1-12(2,3)10-7-6-9(16-10)11(15)13(4,5)8-14/h6-7,11,15H,1-5H3. The van der Waals surface area contributed by atoms with Crippen LogP contribution in [0, 0.1) is 16.7 Å². The van der Waals surface area contributed by atoms with Gasteiger partial charge in [0.05, 0.1) is 11.5 Å². The van der Waals surface area contributed by atoms with E-state index in [0.717, 1.165) is 4.88 Å². The molecule has 16 heavy (non-hydrogen) atoms. The molecule has 0 spiro atoms. The summed E-state index contributed by atoms with van der Waals surface area (Å²) in [7, 11) is 0. The Morgan fingerprint density at radius 3 is 2.19 bits per heavy atom. The molecule has 1 N–H and O–H groups in total. The molecule has 1 aromatic heterocycles. The minimum absolute atomic E-state index is 0.0966. The minimum Gasteiger partial charge on any atom is -0.386 e. The Kier molecular flexibility index (Phi) is 3.47. The fraction of sp³-hybridized carbons (Fsp3) is 0.615. The van der Waals surface area contributed by atoms with Crippen molar-refractivity contribution in [2.45, 2.75) is 46.1 Å². The van der Waals surface area contributed by atoms with Crippen LogP contribution < -0.4 is 0 Å². The Morgan fingerprint density at radius 1 is 1.25 bits per heavy atom. The number of nitriles is 1. The number of aliphatic hydroxyl groups is 1. The van der Waals surface area contributed by atoms with Gasteiger partial charge in [0, 0.05) is 9.75 Å². The van der Waals surface area contributed by atoms with Crippen molar-refractivity contribution in [1.29, 1.82) is 5.26 Å². The topological polar surface area (TPSA) is 44.0 Å². The summed E-state index contributed by atoms with van der Waals surface area (Å²) in [5.74, 6) is 0. The molecule has 0 amide bonds. The zero-order valence-electron chi connectivity index (χ0n) is 10.5. The average molecular weight is 237 g/mol. The Hall–Kier alpha value is -0.850. The van der Waals surface area contributed by atoms with E-state index in [2.05, 4.69) is 26.8 Å². The fourth-order valence-corrected chi connectivity index (χ4v) is 2.56. The molecule has 0 aromatic carbocycles. The summed E-state index contributed by atoms with van der Waals surface area (Å²) in [5, 5.41) is 19.1. The number of rotatable bonds is 2. The van der Waals surface area contributed by atoms with Crippen molar-refractivity contribution < 1.29 is 5.11 Å². The van der Waals surface area contributed by atoms with Gasteiger partial charge >= 0.3 is 0 Å². The zero-order chi connectivity index (χ0) is 12.6. The number of thiophene rings is 1. The molecule has 0 aliphatic heterocycles. The first-order chi connectivity index (χ1) is 7.18. The zero-order valence-corrected chi connectivity index (χ0v) is 11.4. The smallest absolute Gasteiger partial charge is 0.106 e. The van der Waals surface area contributed by atoms with Crippen molar-refractivity contribution in [1.82, 2.24) is 0 Å². The summed E-state index contributed by atoms with van der Waals surface area (Å²) in [5.41, 5.74) is -0.639. The van der Waals surface area contributed by atoms with E-state index in [-0.39, 0.29) is 5.41 Å². The third-order valence-electron chi connectivity index (χ3n) is 2.61. The molecule has 1 heterocycles. The molecule has 1 aromatic rings. The molecule has 1 rings (SSSR count). The summed E-state index contributed by atoms with van der Waals surface area (Å²) < 4.78 is 0. The van der Waals surface area contributed by atoms with Crippen LogP contribution in [0.25, 0.3) is 0 Å². The fourth-order valence-electron chi connectivity index (χ4n) is 1.32. The predicted molar refractivity (Wildman–Crippen MR) is 67.4 cm³/mol. The van der Waals surface area contributed by atoms with Crippen molar-refractivity contribution in [3.63, 3.8) is 0 Å². The lowest BCUT2D eigenvalue weighted by molar-refractivity contribution is 0.0901. The SMILES string of the molecule is CC(C)(C)c1ccc(C(O)C(C)(C)C#N)s1. The second-order valence-electron chi connectivity index (χ2n) is 5.69. The largest absolute Gasteiger partial charge is 0.386 e. The maximum Gasteiger partial charge on any atom is 0.106 e. The van der Waals surface area contributed by atoms with Gasteiger partial charge in [-0.05, 0) is 31.4 Å². The number of aliphatic hydroxyl groups excluding tert-OH is 1. The molecule has 0 aliphatic rings. The monoisotopic (exact) mass is 237 g/mol. The van der Waals surface area contributed by atoms with Gasteiger partial charge in [-0.3, -0.25) is 0 Å². The lowest BCUT2D eigenvalue weighted by Gasteiger charge is -2.22. The second-order valence-corrected chi connectivity index (χ2v) is 6.80. The molecule has 2 nitrogen and oxygen atoms in total. The van der Waals surface area contributed by atoms with Crippen LogP contribution in [0.5, 0.6) is 0 Å². The van der Waals surface area contributed by atoms with Crippen LogP contribution >= 0.6 is 11.3 Å². The van der Waals surface area contributed by atoms with E-state index >= 15 is 0 Å². The van der Waals surface area contributed by atoms with Gasteiger partial charge in [0.1, 0.15) is 6.10 Å². The minimum atomic E-state index is -0.736. The summed E-state index contributed by atoms with van der Waals surface area (Å²) in [6.45, 7) is 9.95. The molecule has 0 aliphatic carbocycles. The third kappa shape index (κ3) is 2.63. The van der Waals surface area contributed by atoms with Gasteiger partial charge in [0.15, 0.2) is 0 Å². The highest BCUT2D eigenvalue weighted by molar-refractivity contribution is 7.12. The van der Waals surface area contributed by atoms with E-state index in [4.69, 9.17) is 5.26 Å². The van der Waals surface area contributed by atoms with Crippen molar-refractivity contribution >= 4 is 11.3 Å². The first kappa shape index (κ1) is 13.2. The van der Waals surface area contributed by atoms with E-state index < -0.39 is 11.5 Å². The Labute approximate surface area is 102 Å². The van der Waals surface area contributed by atoms with Crippen LogP contribution in [0.2, 0.25) is 0 Å². The number of hydrogen-bond acceptors (Lipinski definition) is 3. The lowest BCUT2D eigenvalue weighted by Crippen LogP contribution is -2.18. The van der Waals surface area contributed by atoms with E-state index in [1.54, 1.807) is 25.2 Å². The Balaban J connectivity index is 3.01. The maximum absolute atomic E-state index is 10.1. The summed E-state index contributed by atoms with van der Waals surface area (Å²) in [6.07, 6.45) is -0.710. The molecule has 0 bridgehead atoms. The first-order valence-electron chi connectivity index (χ1n) is 5.38. The highest BCUT2D eigenvalue weighted by atomic mass is 32.1. The van der Waals surface area contributed by atoms with Crippen LogP contribution in [0.3, 0.4) is 0 Å². The van der Waals surface area contributed by atoms with Crippen molar-refractivity contribution in [3.05, 3.63) is 21.9 Å². The normalized spacial score (nSPS) is 14.6. The number of hydrogen-bond donors (Lipinski definition) is 1. The predicted octanol–water partition coefficient (Wildman–Crippen LogP) is 3.63. The van der Waals surface area contributed by atoms with Crippen LogP contribution in [0.1, 0.15) is 50.5 Å². The van der Waals surface area contributed by atoms with Crippen LogP contribution in [-0.2, 0) is 5.41 Å². The van der Waals surface area contributed by atoms with Gasteiger partial charge in [0.25, 0.3) is 0 Å². The molecule has 0 fully saturated rings. The van der Waals surface area contributed by atoms with Crippen LogP contribution in [-0.4, -0.2) is 5.11 Å². The van der Waals surface area contributed by atoms with E-state index in [1.165, 1.54) is 4.88 Å². The van der Waals surface area contributed by atoms with Crippen LogP contribution in [0.15, 0.2) is 12.1 Å². The van der Waals surface area contributed by atoms with Gasteiger partial charge in [-0.15, -0.1) is 11.3 Å². The Morgan fingerprint density at radius 2 is 1.81 bits per heavy atom. The van der Waals surface area contributed by atoms with E-state index in [0.29, 0.717) is 0 Å². The molecule has 0 radical (unpaired) electrons. The highest BCUT2D eigenvalue weighted by Crippen LogP contribution is 2.39. The summed E-state index contributed by atoms with van der Waals surface area (Å²) in [6, 6.07) is 6.11. The summed E-state index contributed by atoms with van der Waals surface area (Å²) >= 11 is 1.59. The van der Waals surface area contributed by atoms with E-state index in [9.17, 15) is 5.11 Å². The van der Waals surface area contributed by atoms with E-state index in [1.807, 2.05) is 12.1 Å². The van der Waals surface area contributed by atoms with Gasteiger partial charge in [-0.2, -0.15) is 5.26 Å². The van der Waals surface area contributed by atoms with Crippen molar-refractivity contribution in [2.75, 3.05) is 0 Å². The maximum atomic E-state index is 10.1. The highest BCUT2D eigenvalue weighted by Gasteiger charge is 2.31. The first-order valence-corrected chi connectivity index (χ1v) is 6.19. The molecule has 3 heteroatoms. The molecule has 1 atom stereocenters. The van der Waals surface area contributed by atoms with Crippen molar-refractivity contribution in [3.8, 4) is 6.07 Å². The van der Waals surface area contributed by atoms with Gasteiger partial charge < -0.3 is 5.11 Å². The Bertz CT molecular complexity index is 406. The number of nitrogens with zero attached hydrogens (tertiary/aromatic N) is 1. The molecule has 0 saturated carbocycles. The van der Waals surface area contributed by atoms with Gasteiger partial charge in [-0.1, -0.05) is 20.8 Å². The summed E-state index contributed by atoms with van der Waals surface area (Å²) in [4.78, 5) is 2.10. The van der Waals surface area contributed by atoms with Crippen LogP contribution in [0.4, 0.5) is 0 Å². The molecule has 1 unspecified atom stereocenters. The average Bonchev–Trinajstić information content (AvgIpc) is 2.64. The van der Waals surface area contributed by atoms with Gasteiger partial charge in [0.2, 0.25) is 0 Å². The second kappa shape index (κ2) is 4.20. The van der Waals surface area contributed by atoms with Gasteiger partial charge in [-0.25, -0.2) is 0 Å². The molecule has 0 saturated heterocycles. The quantitative estimate of drug-likeness (QED) is 0.853.